The molecule has 1 aromatic heterocycles. The summed E-state index contributed by atoms with van der Waals surface area (Å²) >= 11 is 0. The predicted molar refractivity (Wildman–Crippen MR) is 96.0 cm³/mol. The molecule has 0 saturated heterocycles. The van der Waals surface area contributed by atoms with Crippen molar-refractivity contribution in [3.63, 3.8) is 0 Å². The molecule has 0 atom stereocenters. The summed E-state index contributed by atoms with van der Waals surface area (Å²) in [7, 11) is 2.04. The van der Waals surface area contributed by atoms with Gasteiger partial charge >= 0.3 is 0 Å². The Kier molecular flexibility index (Phi) is 4.81. The maximum atomic E-state index is 4.23. The summed E-state index contributed by atoms with van der Waals surface area (Å²) in [5.74, 6) is 0. The number of aromatic nitrogens is 1. The zero-order valence-electron chi connectivity index (χ0n) is 14.0. The summed E-state index contributed by atoms with van der Waals surface area (Å²) in [6.45, 7) is 14.6. The molecule has 1 aromatic rings. The maximum absolute atomic E-state index is 4.23. The molecule has 0 fully saturated rings. The van der Waals surface area contributed by atoms with Gasteiger partial charge in [-0.05, 0) is 37.5 Å². The molecule has 1 aliphatic heterocycles. The lowest BCUT2D eigenvalue weighted by atomic mass is 9.89. The molecule has 0 unspecified atom stereocenters. The summed E-state index contributed by atoms with van der Waals surface area (Å²) in [5.41, 5.74) is 8.22. The highest BCUT2D eigenvalue weighted by atomic mass is 15.1. The van der Waals surface area contributed by atoms with E-state index in [1.165, 1.54) is 22.3 Å². The van der Waals surface area contributed by atoms with Gasteiger partial charge in [0.25, 0.3) is 0 Å². The van der Waals surface area contributed by atoms with Crippen LogP contribution in [-0.2, 0) is 0 Å². The van der Waals surface area contributed by atoms with Crippen molar-refractivity contribution >= 4 is 11.6 Å². The number of hydrogen-bond donors (Lipinski definition) is 0. The quantitative estimate of drug-likeness (QED) is 0.758. The molecule has 0 spiro atoms. The van der Waals surface area contributed by atoms with Crippen LogP contribution in [0.1, 0.15) is 38.3 Å². The Labute approximate surface area is 133 Å². The summed E-state index contributed by atoms with van der Waals surface area (Å²) in [5, 5.41) is 0. The largest absolute Gasteiger partial charge is 0.350 e. The standard InChI is InChI=1S/C20H24N2/c1-7-14(3)11-19-15(4)20(13-22(6)16(19)5)18-9-10-21-12-17(18)8-2/h8-13H,2,5,7H2,1,3-4,6H3/b14-11+. The molecular weight excluding hydrogens is 268 g/mol. The van der Waals surface area contributed by atoms with Gasteiger partial charge in [-0.25, -0.2) is 0 Å². The first kappa shape index (κ1) is 16.0. The van der Waals surface area contributed by atoms with Gasteiger partial charge < -0.3 is 4.90 Å². The van der Waals surface area contributed by atoms with E-state index in [0.29, 0.717) is 0 Å². The fourth-order valence-electron chi connectivity index (χ4n) is 2.55. The van der Waals surface area contributed by atoms with Crippen LogP contribution >= 0.6 is 0 Å². The zero-order valence-corrected chi connectivity index (χ0v) is 14.0. The molecule has 0 aromatic carbocycles. The minimum atomic E-state index is 1.03. The van der Waals surface area contributed by atoms with Crippen LogP contribution in [0.2, 0.25) is 0 Å². The first-order chi connectivity index (χ1) is 10.5. The number of likely N-dealkylation sites (N-methyl/N-ethyl adjacent to an activating group) is 1. The minimum absolute atomic E-state index is 1.03. The van der Waals surface area contributed by atoms with E-state index in [2.05, 4.69) is 56.1 Å². The van der Waals surface area contributed by atoms with Crippen LogP contribution in [-0.4, -0.2) is 16.9 Å². The van der Waals surface area contributed by atoms with Crippen molar-refractivity contribution in [2.75, 3.05) is 7.05 Å². The first-order valence-electron chi connectivity index (χ1n) is 7.58. The maximum Gasteiger partial charge on any atom is 0.0407 e. The first-order valence-corrected chi connectivity index (χ1v) is 7.58. The molecule has 1 aliphatic rings. The molecule has 114 valence electrons. The third-order valence-electron chi connectivity index (χ3n) is 4.18. The lowest BCUT2D eigenvalue weighted by Crippen LogP contribution is -2.17. The van der Waals surface area contributed by atoms with Gasteiger partial charge in [-0.2, -0.15) is 0 Å². The van der Waals surface area contributed by atoms with Crippen LogP contribution in [0.5, 0.6) is 0 Å². The van der Waals surface area contributed by atoms with Crippen molar-refractivity contribution in [2.45, 2.75) is 27.2 Å². The van der Waals surface area contributed by atoms with Gasteiger partial charge in [0, 0.05) is 48.0 Å². The van der Waals surface area contributed by atoms with Crippen LogP contribution in [0, 0.1) is 0 Å². The Hall–Kier alpha value is -2.35. The van der Waals surface area contributed by atoms with E-state index >= 15 is 0 Å². The molecule has 2 heteroatoms. The lowest BCUT2D eigenvalue weighted by molar-refractivity contribution is 0.579. The molecule has 0 amide bonds. The topological polar surface area (TPSA) is 16.1 Å². The van der Waals surface area contributed by atoms with Crippen molar-refractivity contribution in [1.29, 1.82) is 0 Å². The molecule has 0 bridgehead atoms. The van der Waals surface area contributed by atoms with Crippen LogP contribution in [0.3, 0.4) is 0 Å². The number of pyridine rings is 1. The summed E-state index contributed by atoms with van der Waals surface area (Å²) in [4.78, 5) is 6.28. The van der Waals surface area contributed by atoms with Crippen molar-refractivity contribution in [2.24, 2.45) is 0 Å². The van der Waals surface area contributed by atoms with Crippen LogP contribution < -0.4 is 0 Å². The SMILES string of the molecule is C=Cc1cnccc1C1=CN(C)C(=C)C(/C=C(\C)CC)=C1C. The summed E-state index contributed by atoms with van der Waals surface area (Å²) < 4.78 is 0. The predicted octanol–water partition coefficient (Wildman–Crippen LogP) is 5.20. The highest BCUT2D eigenvalue weighted by molar-refractivity contribution is 5.86. The molecule has 0 saturated carbocycles. The van der Waals surface area contributed by atoms with Gasteiger partial charge in [-0.15, -0.1) is 0 Å². The van der Waals surface area contributed by atoms with Crippen LogP contribution in [0.4, 0.5) is 0 Å². The van der Waals surface area contributed by atoms with Crippen molar-refractivity contribution in [3.05, 3.63) is 77.4 Å². The van der Waals surface area contributed by atoms with Gasteiger partial charge in [0.2, 0.25) is 0 Å². The lowest BCUT2D eigenvalue weighted by Gasteiger charge is -2.29. The van der Waals surface area contributed by atoms with Crippen LogP contribution in [0.25, 0.3) is 11.6 Å². The second kappa shape index (κ2) is 6.61. The number of hydrogen-bond acceptors (Lipinski definition) is 2. The summed E-state index contributed by atoms with van der Waals surface area (Å²) in [6, 6.07) is 2.04. The smallest absolute Gasteiger partial charge is 0.0407 e. The average Bonchev–Trinajstić information content (AvgIpc) is 2.54. The van der Waals surface area contributed by atoms with Gasteiger partial charge in [-0.1, -0.05) is 37.8 Å². The Balaban J connectivity index is 2.63. The van der Waals surface area contributed by atoms with Crippen molar-refractivity contribution in [3.8, 4) is 0 Å². The fourth-order valence-corrected chi connectivity index (χ4v) is 2.55. The molecule has 2 nitrogen and oxygen atoms in total. The molecule has 0 radical (unpaired) electrons. The molecule has 0 N–H and O–H groups in total. The molecule has 2 rings (SSSR count). The number of rotatable bonds is 4. The number of allylic oxidation sites excluding steroid dienone is 4. The average molecular weight is 292 g/mol. The van der Waals surface area contributed by atoms with E-state index in [9.17, 15) is 0 Å². The third-order valence-corrected chi connectivity index (χ3v) is 4.18. The molecule has 2 heterocycles. The second-order valence-electron chi connectivity index (χ2n) is 5.65. The third kappa shape index (κ3) is 2.96. The highest BCUT2D eigenvalue weighted by Crippen LogP contribution is 2.36. The Morgan fingerprint density at radius 3 is 2.77 bits per heavy atom. The van der Waals surface area contributed by atoms with Crippen molar-refractivity contribution < 1.29 is 0 Å². The van der Waals surface area contributed by atoms with E-state index in [0.717, 1.165) is 23.2 Å². The second-order valence-corrected chi connectivity index (χ2v) is 5.65. The molecular formula is C20H24N2. The van der Waals surface area contributed by atoms with Gasteiger partial charge in [0.05, 0.1) is 0 Å². The van der Waals surface area contributed by atoms with E-state index in [4.69, 9.17) is 0 Å². The minimum Gasteiger partial charge on any atom is -0.350 e. The van der Waals surface area contributed by atoms with Crippen LogP contribution in [0.15, 0.2) is 66.3 Å². The van der Waals surface area contributed by atoms with Gasteiger partial charge in [-0.3, -0.25) is 4.98 Å². The Morgan fingerprint density at radius 1 is 1.41 bits per heavy atom. The summed E-state index contributed by atoms with van der Waals surface area (Å²) in [6.07, 6.45) is 11.0. The van der Waals surface area contributed by atoms with E-state index in [-0.39, 0.29) is 0 Å². The Bertz CT molecular complexity index is 702. The highest BCUT2D eigenvalue weighted by Gasteiger charge is 2.20. The normalized spacial score (nSPS) is 16.0. The molecule has 22 heavy (non-hydrogen) atoms. The van der Waals surface area contributed by atoms with E-state index in [1.54, 1.807) is 0 Å². The monoisotopic (exact) mass is 292 g/mol. The van der Waals surface area contributed by atoms with Crippen molar-refractivity contribution in [1.82, 2.24) is 9.88 Å². The number of nitrogens with zero attached hydrogens (tertiary/aromatic N) is 2. The Morgan fingerprint density at radius 2 is 2.14 bits per heavy atom. The van der Waals surface area contributed by atoms with Gasteiger partial charge in [0.15, 0.2) is 0 Å². The van der Waals surface area contributed by atoms with Gasteiger partial charge in [0.1, 0.15) is 0 Å². The van der Waals surface area contributed by atoms with E-state index < -0.39 is 0 Å². The fraction of sp³-hybridized carbons (Fsp3) is 0.250. The molecule has 0 aliphatic carbocycles. The zero-order chi connectivity index (χ0) is 16.3. The van der Waals surface area contributed by atoms with E-state index in [1.807, 2.05) is 31.6 Å².